The Bertz CT molecular complexity index is 299. The normalized spacial score (nSPS) is 27.0. The Balaban J connectivity index is 2.13. The van der Waals surface area contributed by atoms with Crippen LogP contribution in [0, 0.1) is 0 Å². The Morgan fingerprint density at radius 1 is 1.57 bits per heavy atom. The Hall–Kier alpha value is -0.940. The minimum atomic E-state index is 0.288. The lowest BCUT2D eigenvalue weighted by molar-refractivity contribution is 0.188. The zero-order valence-corrected chi connectivity index (χ0v) is 8.58. The molecule has 0 spiro atoms. The molecule has 5 nitrogen and oxygen atoms in total. The number of rotatable bonds is 3. The van der Waals surface area contributed by atoms with E-state index in [0.29, 0.717) is 12.6 Å². The van der Waals surface area contributed by atoms with Gasteiger partial charge in [0.1, 0.15) is 5.82 Å². The highest BCUT2D eigenvalue weighted by Crippen LogP contribution is 2.22. The molecule has 2 heterocycles. The molecule has 1 aromatic heterocycles. The number of H-pyrrole nitrogens is 1. The van der Waals surface area contributed by atoms with E-state index in [1.165, 1.54) is 0 Å². The molecule has 0 saturated carbocycles. The van der Waals surface area contributed by atoms with Crippen molar-refractivity contribution in [3.63, 3.8) is 0 Å². The minimum Gasteiger partial charge on any atom is -0.379 e. The van der Waals surface area contributed by atoms with Crippen LogP contribution in [0.15, 0.2) is 0 Å². The highest BCUT2D eigenvalue weighted by Gasteiger charge is 2.31. The number of aryl methyl sites for hydroxylation is 1. The van der Waals surface area contributed by atoms with Gasteiger partial charge >= 0.3 is 0 Å². The quantitative estimate of drug-likeness (QED) is 0.718. The molecule has 0 aromatic carbocycles. The molecule has 1 fully saturated rings. The fraction of sp³-hybridized carbons (Fsp3) is 0.778. The number of ether oxygens (including phenoxy) is 1. The topological polar surface area (TPSA) is 62.8 Å². The predicted molar refractivity (Wildman–Crippen MR) is 52.2 cm³/mol. The van der Waals surface area contributed by atoms with Gasteiger partial charge in [-0.05, 0) is 7.05 Å². The molecule has 5 heteroatoms. The third-order valence-electron chi connectivity index (χ3n) is 2.67. The van der Waals surface area contributed by atoms with E-state index in [0.717, 1.165) is 24.7 Å². The van der Waals surface area contributed by atoms with E-state index in [9.17, 15) is 0 Å². The molecule has 1 aliphatic rings. The van der Waals surface area contributed by atoms with Gasteiger partial charge in [0.05, 0.1) is 19.1 Å². The molecule has 0 radical (unpaired) electrons. The van der Waals surface area contributed by atoms with Crippen molar-refractivity contribution in [3.8, 4) is 0 Å². The van der Waals surface area contributed by atoms with Crippen molar-refractivity contribution in [1.29, 1.82) is 0 Å². The summed E-state index contributed by atoms with van der Waals surface area (Å²) in [5.74, 6) is 2.11. The van der Waals surface area contributed by atoms with E-state index >= 15 is 0 Å². The van der Waals surface area contributed by atoms with Crippen molar-refractivity contribution in [2.75, 3.05) is 20.3 Å². The molecule has 1 aliphatic heterocycles. The molecule has 14 heavy (non-hydrogen) atoms. The van der Waals surface area contributed by atoms with E-state index in [1.807, 2.05) is 7.05 Å². The maximum Gasteiger partial charge on any atom is 0.157 e. The fourth-order valence-corrected chi connectivity index (χ4v) is 1.73. The van der Waals surface area contributed by atoms with Gasteiger partial charge in [-0.15, -0.1) is 0 Å². The summed E-state index contributed by atoms with van der Waals surface area (Å²) in [4.78, 5) is 4.42. The SMILES string of the molecule is CCc1nc(C2COCC2NC)n[nH]1. The van der Waals surface area contributed by atoms with Crippen LogP contribution in [0.2, 0.25) is 0 Å². The zero-order valence-electron chi connectivity index (χ0n) is 8.58. The van der Waals surface area contributed by atoms with Crippen LogP contribution in [-0.2, 0) is 11.2 Å². The lowest BCUT2D eigenvalue weighted by Gasteiger charge is -2.12. The largest absolute Gasteiger partial charge is 0.379 e. The zero-order chi connectivity index (χ0) is 9.97. The van der Waals surface area contributed by atoms with E-state index in [4.69, 9.17) is 4.74 Å². The average Bonchev–Trinajstić information content (AvgIpc) is 2.85. The first-order valence-electron chi connectivity index (χ1n) is 5.01. The van der Waals surface area contributed by atoms with Crippen LogP contribution in [0.1, 0.15) is 24.5 Å². The Morgan fingerprint density at radius 3 is 3.07 bits per heavy atom. The molecule has 1 aromatic rings. The fourth-order valence-electron chi connectivity index (χ4n) is 1.73. The van der Waals surface area contributed by atoms with E-state index < -0.39 is 0 Å². The monoisotopic (exact) mass is 196 g/mol. The van der Waals surface area contributed by atoms with Gasteiger partial charge in [-0.25, -0.2) is 4.98 Å². The maximum atomic E-state index is 5.40. The van der Waals surface area contributed by atoms with Crippen molar-refractivity contribution in [2.24, 2.45) is 0 Å². The van der Waals surface area contributed by atoms with Crippen LogP contribution in [-0.4, -0.2) is 41.5 Å². The van der Waals surface area contributed by atoms with Crippen LogP contribution >= 0.6 is 0 Å². The second-order valence-electron chi connectivity index (χ2n) is 3.53. The summed E-state index contributed by atoms with van der Waals surface area (Å²) in [5, 5.41) is 10.4. The van der Waals surface area contributed by atoms with Gasteiger partial charge in [-0.2, -0.15) is 5.10 Å². The second kappa shape index (κ2) is 4.06. The predicted octanol–water partition coefficient (Wildman–Crippen LogP) is 0.0689. The van der Waals surface area contributed by atoms with Crippen molar-refractivity contribution in [1.82, 2.24) is 20.5 Å². The lowest BCUT2D eigenvalue weighted by Crippen LogP contribution is -2.31. The van der Waals surface area contributed by atoms with Gasteiger partial charge in [0.15, 0.2) is 5.82 Å². The molecule has 78 valence electrons. The van der Waals surface area contributed by atoms with Crippen LogP contribution in [0.4, 0.5) is 0 Å². The third kappa shape index (κ3) is 1.65. The summed E-state index contributed by atoms with van der Waals surface area (Å²) in [5.41, 5.74) is 0. The highest BCUT2D eigenvalue weighted by atomic mass is 16.5. The van der Waals surface area contributed by atoms with E-state index in [2.05, 4.69) is 27.4 Å². The molecule has 0 amide bonds. The van der Waals surface area contributed by atoms with Crippen LogP contribution in [0.5, 0.6) is 0 Å². The summed E-state index contributed by atoms with van der Waals surface area (Å²) in [7, 11) is 1.94. The molecule has 2 atom stereocenters. The standard InChI is InChI=1S/C9H16N4O/c1-3-8-11-9(13-12-8)6-4-14-5-7(6)10-2/h6-7,10H,3-5H2,1-2H3,(H,11,12,13). The first kappa shape index (κ1) is 9.61. The molecular weight excluding hydrogens is 180 g/mol. The molecular formula is C9H16N4O. The third-order valence-corrected chi connectivity index (χ3v) is 2.67. The molecule has 2 N–H and O–H groups in total. The number of hydrogen-bond donors (Lipinski definition) is 2. The van der Waals surface area contributed by atoms with Gasteiger partial charge in [-0.3, -0.25) is 5.10 Å². The second-order valence-corrected chi connectivity index (χ2v) is 3.53. The summed E-state index contributed by atoms with van der Waals surface area (Å²) < 4.78 is 5.40. The van der Waals surface area contributed by atoms with Crippen molar-refractivity contribution >= 4 is 0 Å². The number of likely N-dealkylation sites (N-methyl/N-ethyl adjacent to an activating group) is 1. The summed E-state index contributed by atoms with van der Waals surface area (Å²) >= 11 is 0. The molecule has 0 aliphatic carbocycles. The van der Waals surface area contributed by atoms with Gasteiger partial charge in [0, 0.05) is 12.5 Å². The van der Waals surface area contributed by atoms with Crippen molar-refractivity contribution in [3.05, 3.63) is 11.6 Å². The summed E-state index contributed by atoms with van der Waals surface area (Å²) in [6.07, 6.45) is 0.894. The smallest absolute Gasteiger partial charge is 0.157 e. The van der Waals surface area contributed by atoms with Crippen LogP contribution in [0.3, 0.4) is 0 Å². The first-order valence-corrected chi connectivity index (χ1v) is 5.01. The number of nitrogens with one attached hydrogen (secondary N) is 2. The van der Waals surface area contributed by atoms with Crippen LogP contribution in [0.25, 0.3) is 0 Å². The number of nitrogens with zero attached hydrogens (tertiary/aromatic N) is 2. The lowest BCUT2D eigenvalue weighted by atomic mass is 10.0. The molecule has 1 saturated heterocycles. The number of aromatic nitrogens is 3. The van der Waals surface area contributed by atoms with Crippen molar-refractivity contribution in [2.45, 2.75) is 25.3 Å². The molecule has 0 bridgehead atoms. The Kier molecular flexibility index (Phi) is 2.79. The van der Waals surface area contributed by atoms with Crippen LogP contribution < -0.4 is 5.32 Å². The number of hydrogen-bond acceptors (Lipinski definition) is 4. The Labute approximate surface area is 83.3 Å². The van der Waals surface area contributed by atoms with Gasteiger partial charge in [-0.1, -0.05) is 6.92 Å². The van der Waals surface area contributed by atoms with E-state index in [-0.39, 0.29) is 5.92 Å². The molecule has 2 rings (SSSR count). The van der Waals surface area contributed by atoms with Gasteiger partial charge < -0.3 is 10.1 Å². The van der Waals surface area contributed by atoms with E-state index in [1.54, 1.807) is 0 Å². The van der Waals surface area contributed by atoms with Crippen molar-refractivity contribution < 1.29 is 4.74 Å². The van der Waals surface area contributed by atoms with Gasteiger partial charge in [0.25, 0.3) is 0 Å². The highest BCUT2D eigenvalue weighted by molar-refractivity contribution is 5.05. The molecule has 2 unspecified atom stereocenters. The first-order chi connectivity index (χ1) is 6.85. The minimum absolute atomic E-state index is 0.288. The average molecular weight is 196 g/mol. The Morgan fingerprint density at radius 2 is 2.43 bits per heavy atom. The number of aromatic amines is 1. The van der Waals surface area contributed by atoms with Gasteiger partial charge in [0.2, 0.25) is 0 Å². The maximum absolute atomic E-state index is 5.40. The summed E-state index contributed by atoms with van der Waals surface area (Å²) in [6, 6.07) is 0.343. The summed E-state index contributed by atoms with van der Waals surface area (Å²) in [6.45, 7) is 3.52.